The zero-order valence-corrected chi connectivity index (χ0v) is 11.3. The molecule has 0 unspecified atom stereocenters. The van der Waals surface area contributed by atoms with Crippen LogP contribution in [0.3, 0.4) is 0 Å². The number of amides is 1. The number of carboxylic acids is 1. The van der Waals surface area contributed by atoms with Gasteiger partial charge in [-0.15, -0.1) is 0 Å². The summed E-state index contributed by atoms with van der Waals surface area (Å²) in [7, 11) is 0. The summed E-state index contributed by atoms with van der Waals surface area (Å²) in [6.45, 7) is 2.95. The summed E-state index contributed by atoms with van der Waals surface area (Å²) in [6.07, 6.45) is -0.153. The van der Waals surface area contributed by atoms with Crippen molar-refractivity contribution in [2.45, 2.75) is 20.3 Å². The van der Waals surface area contributed by atoms with Crippen LogP contribution >= 0.6 is 11.6 Å². The number of rotatable bonds is 4. The number of hydrogen-bond acceptors (Lipinski definition) is 3. The first-order valence-corrected chi connectivity index (χ1v) is 5.87. The average molecular weight is 281 g/mol. The Labute approximate surface area is 115 Å². The van der Waals surface area contributed by atoms with Gasteiger partial charge in [-0.25, -0.2) is 0 Å². The van der Waals surface area contributed by atoms with E-state index in [0.717, 1.165) is 0 Å². The SMILES string of the molecule is CC(C)(CC(=O)Nc1ccc(C#N)c(Cl)c1)C(=O)O. The van der Waals surface area contributed by atoms with E-state index in [2.05, 4.69) is 5.32 Å². The normalized spacial score (nSPS) is 10.6. The lowest BCUT2D eigenvalue weighted by atomic mass is 9.89. The summed E-state index contributed by atoms with van der Waals surface area (Å²) in [6, 6.07) is 6.38. The van der Waals surface area contributed by atoms with Gasteiger partial charge < -0.3 is 10.4 Å². The van der Waals surface area contributed by atoms with E-state index in [0.29, 0.717) is 11.3 Å². The van der Waals surface area contributed by atoms with Crippen molar-refractivity contribution in [1.82, 2.24) is 0 Å². The largest absolute Gasteiger partial charge is 0.481 e. The summed E-state index contributed by atoms with van der Waals surface area (Å²) in [5.41, 5.74) is -0.402. The monoisotopic (exact) mass is 280 g/mol. The predicted molar refractivity (Wildman–Crippen MR) is 70.8 cm³/mol. The molecule has 1 aromatic rings. The fourth-order valence-electron chi connectivity index (χ4n) is 1.37. The van der Waals surface area contributed by atoms with Gasteiger partial charge in [-0.05, 0) is 32.0 Å². The maximum absolute atomic E-state index is 11.7. The Morgan fingerprint density at radius 1 is 1.47 bits per heavy atom. The molecule has 0 bridgehead atoms. The Bertz CT molecular complexity index is 561. The predicted octanol–water partition coefficient (Wildman–Crippen LogP) is 2.65. The lowest BCUT2D eigenvalue weighted by Gasteiger charge is -2.18. The zero-order valence-electron chi connectivity index (χ0n) is 10.5. The molecule has 0 fully saturated rings. The molecule has 0 aromatic heterocycles. The lowest BCUT2D eigenvalue weighted by Crippen LogP contribution is -2.29. The van der Waals surface area contributed by atoms with Gasteiger partial charge in [0, 0.05) is 12.1 Å². The number of nitriles is 1. The molecule has 0 radical (unpaired) electrons. The van der Waals surface area contributed by atoms with Crippen LogP contribution in [0.4, 0.5) is 5.69 Å². The van der Waals surface area contributed by atoms with E-state index < -0.39 is 17.3 Å². The van der Waals surface area contributed by atoms with Gasteiger partial charge in [0.05, 0.1) is 16.0 Å². The van der Waals surface area contributed by atoms with Crippen LogP contribution in [0.25, 0.3) is 0 Å². The third kappa shape index (κ3) is 3.97. The van der Waals surface area contributed by atoms with E-state index in [1.165, 1.54) is 32.0 Å². The summed E-state index contributed by atoms with van der Waals surface area (Å²) < 4.78 is 0. The molecule has 19 heavy (non-hydrogen) atoms. The number of carboxylic acid groups (broad SMARTS) is 1. The van der Waals surface area contributed by atoms with Crippen molar-refractivity contribution in [3.05, 3.63) is 28.8 Å². The van der Waals surface area contributed by atoms with E-state index in [4.69, 9.17) is 22.0 Å². The smallest absolute Gasteiger partial charge is 0.309 e. The summed E-state index contributed by atoms with van der Waals surface area (Å²) in [4.78, 5) is 22.6. The first-order valence-electron chi connectivity index (χ1n) is 5.49. The quantitative estimate of drug-likeness (QED) is 0.887. The van der Waals surface area contributed by atoms with E-state index in [1.807, 2.05) is 6.07 Å². The van der Waals surface area contributed by atoms with Gasteiger partial charge in [0.15, 0.2) is 0 Å². The molecule has 0 saturated heterocycles. The Hall–Kier alpha value is -2.06. The second kappa shape index (κ2) is 5.72. The van der Waals surface area contributed by atoms with E-state index in [1.54, 1.807) is 0 Å². The van der Waals surface area contributed by atoms with Crippen molar-refractivity contribution in [2.75, 3.05) is 5.32 Å². The molecule has 5 nitrogen and oxygen atoms in total. The van der Waals surface area contributed by atoms with Crippen molar-refractivity contribution >= 4 is 29.2 Å². The number of benzene rings is 1. The van der Waals surface area contributed by atoms with E-state index in [-0.39, 0.29) is 11.4 Å². The molecule has 0 aliphatic heterocycles. The molecule has 1 amide bonds. The molecular weight excluding hydrogens is 268 g/mol. The Balaban J connectivity index is 2.76. The number of nitrogens with one attached hydrogen (secondary N) is 1. The summed E-state index contributed by atoms with van der Waals surface area (Å²) in [5.74, 6) is -1.46. The Kier molecular flexibility index (Phi) is 4.52. The van der Waals surface area contributed by atoms with Gasteiger partial charge in [-0.3, -0.25) is 9.59 Å². The van der Waals surface area contributed by atoms with Gasteiger partial charge in [-0.2, -0.15) is 5.26 Å². The number of carbonyl (C=O) groups excluding carboxylic acids is 1. The fraction of sp³-hybridized carbons (Fsp3) is 0.308. The molecule has 100 valence electrons. The van der Waals surface area contributed by atoms with Crippen LogP contribution in [-0.4, -0.2) is 17.0 Å². The minimum atomic E-state index is -1.14. The van der Waals surface area contributed by atoms with Gasteiger partial charge in [0.1, 0.15) is 6.07 Å². The van der Waals surface area contributed by atoms with Crippen LogP contribution in [0, 0.1) is 16.7 Å². The highest BCUT2D eigenvalue weighted by Gasteiger charge is 2.30. The highest BCUT2D eigenvalue weighted by Crippen LogP contribution is 2.23. The highest BCUT2D eigenvalue weighted by atomic mass is 35.5. The topological polar surface area (TPSA) is 90.2 Å². The molecular formula is C13H13ClN2O3. The molecule has 0 aliphatic rings. The fourth-order valence-corrected chi connectivity index (χ4v) is 1.59. The van der Waals surface area contributed by atoms with Gasteiger partial charge in [0.2, 0.25) is 5.91 Å². The standard InChI is InChI=1S/C13H13ClN2O3/c1-13(2,12(18)19)6-11(17)16-9-4-3-8(7-15)10(14)5-9/h3-5H,6H2,1-2H3,(H,16,17)(H,18,19). The second-order valence-electron chi connectivity index (χ2n) is 4.72. The summed E-state index contributed by atoms with van der Waals surface area (Å²) >= 11 is 5.83. The second-order valence-corrected chi connectivity index (χ2v) is 5.13. The van der Waals surface area contributed by atoms with Gasteiger partial charge in [-0.1, -0.05) is 11.6 Å². The van der Waals surface area contributed by atoms with Crippen LogP contribution in [-0.2, 0) is 9.59 Å². The number of anilines is 1. The summed E-state index contributed by atoms with van der Waals surface area (Å²) in [5, 5.41) is 20.4. The zero-order chi connectivity index (χ0) is 14.6. The van der Waals surface area contributed by atoms with E-state index >= 15 is 0 Å². The molecule has 6 heteroatoms. The van der Waals surface area contributed by atoms with Gasteiger partial charge in [0.25, 0.3) is 0 Å². The minimum Gasteiger partial charge on any atom is -0.481 e. The van der Waals surface area contributed by atoms with Crippen molar-refractivity contribution in [2.24, 2.45) is 5.41 Å². The van der Waals surface area contributed by atoms with Crippen LogP contribution in [0.15, 0.2) is 18.2 Å². The van der Waals surface area contributed by atoms with E-state index in [9.17, 15) is 9.59 Å². The molecule has 0 saturated carbocycles. The van der Waals surface area contributed by atoms with Gasteiger partial charge >= 0.3 is 5.97 Å². The Morgan fingerprint density at radius 2 is 2.11 bits per heavy atom. The third-order valence-electron chi connectivity index (χ3n) is 2.55. The Morgan fingerprint density at radius 3 is 2.58 bits per heavy atom. The first kappa shape index (κ1) is 15.0. The lowest BCUT2D eigenvalue weighted by molar-refractivity contribution is -0.148. The average Bonchev–Trinajstić information content (AvgIpc) is 2.28. The van der Waals surface area contributed by atoms with Crippen molar-refractivity contribution in [3.63, 3.8) is 0 Å². The van der Waals surface area contributed by atoms with Crippen molar-refractivity contribution in [3.8, 4) is 6.07 Å². The third-order valence-corrected chi connectivity index (χ3v) is 2.87. The minimum absolute atomic E-state index is 0.153. The first-order chi connectivity index (χ1) is 8.76. The van der Waals surface area contributed by atoms with Crippen LogP contribution < -0.4 is 5.32 Å². The highest BCUT2D eigenvalue weighted by molar-refractivity contribution is 6.32. The number of aliphatic carboxylic acids is 1. The van der Waals surface area contributed by atoms with Crippen molar-refractivity contribution < 1.29 is 14.7 Å². The van der Waals surface area contributed by atoms with Crippen LogP contribution in [0.2, 0.25) is 5.02 Å². The number of carbonyl (C=O) groups is 2. The number of halogens is 1. The molecule has 0 heterocycles. The molecule has 2 N–H and O–H groups in total. The number of hydrogen-bond donors (Lipinski definition) is 2. The van der Waals surface area contributed by atoms with Crippen molar-refractivity contribution in [1.29, 1.82) is 5.26 Å². The number of nitrogens with zero attached hydrogens (tertiary/aromatic N) is 1. The molecule has 1 rings (SSSR count). The van der Waals surface area contributed by atoms with Crippen LogP contribution in [0.1, 0.15) is 25.8 Å². The molecule has 0 aliphatic carbocycles. The maximum Gasteiger partial charge on any atom is 0.309 e. The van der Waals surface area contributed by atoms with Crippen LogP contribution in [0.5, 0.6) is 0 Å². The molecule has 0 spiro atoms. The molecule has 0 atom stereocenters. The molecule has 1 aromatic carbocycles. The maximum atomic E-state index is 11.7.